The summed E-state index contributed by atoms with van der Waals surface area (Å²) in [5.41, 5.74) is 2.42. The molecule has 0 bridgehead atoms. The van der Waals surface area contributed by atoms with E-state index in [-0.39, 0.29) is 18.1 Å². The van der Waals surface area contributed by atoms with Crippen molar-refractivity contribution in [2.75, 3.05) is 30.9 Å². The van der Waals surface area contributed by atoms with E-state index >= 15 is 0 Å². The summed E-state index contributed by atoms with van der Waals surface area (Å²) in [6.45, 7) is 2.64. The maximum atomic E-state index is 12.8. The number of hydrogen-bond acceptors (Lipinski definition) is 8. The third-order valence-corrected chi connectivity index (χ3v) is 7.28. The lowest BCUT2D eigenvalue weighted by atomic mass is 10.0. The van der Waals surface area contributed by atoms with Crippen LogP contribution < -0.4 is 15.5 Å². The molecule has 5 rings (SSSR count). The quantitative estimate of drug-likeness (QED) is 0.367. The van der Waals surface area contributed by atoms with Crippen LogP contribution in [0.2, 0.25) is 5.02 Å². The molecule has 1 aliphatic heterocycles. The number of fused-ring (bicyclic) bond motifs is 1. The fourth-order valence-corrected chi connectivity index (χ4v) is 5.12. The Balaban J connectivity index is 1.38. The van der Waals surface area contributed by atoms with Gasteiger partial charge in [-0.05, 0) is 44.8 Å². The van der Waals surface area contributed by atoms with Gasteiger partial charge in [-0.3, -0.25) is 10.00 Å². The van der Waals surface area contributed by atoms with Gasteiger partial charge in [-0.2, -0.15) is 5.10 Å². The first-order chi connectivity index (χ1) is 16.4. The Morgan fingerprint density at radius 1 is 1.29 bits per heavy atom. The molecule has 1 fully saturated rings. The van der Waals surface area contributed by atoms with E-state index in [0.717, 1.165) is 28.6 Å². The Morgan fingerprint density at radius 2 is 2.15 bits per heavy atom. The van der Waals surface area contributed by atoms with E-state index in [4.69, 9.17) is 11.6 Å². The summed E-state index contributed by atoms with van der Waals surface area (Å²) in [6.07, 6.45) is 4.24. The van der Waals surface area contributed by atoms with Crippen molar-refractivity contribution in [3.05, 3.63) is 41.7 Å². The van der Waals surface area contributed by atoms with Gasteiger partial charge < -0.3 is 15.5 Å². The first-order valence-corrected chi connectivity index (χ1v) is 12.1. The lowest BCUT2D eigenvalue weighted by Crippen LogP contribution is -2.63. The summed E-state index contributed by atoms with van der Waals surface area (Å²) < 4.78 is 0. The number of urea groups is 1. The predicted molar refractivity (Wildman–Crippen MR) is 135 cm³/mol. The summed E-state index contributed by atoms with van der Waals surface area (Å²) in [5.74, 6) is 0.578. The van der Waals surface area contributed by atoms with Gasteiger partial charge in [0.25, 0.3) is 0 Å². The number of halogens is 1. The van der Waals surface area contributed by atoms with E-state index < -0.39 is 0 Å². The Morgan fingerprint density at radius 3 is 2.94 bits per heavy atom. The molecule has 2 amide bonds. The van der Waals surface area contributed by atoms with E-state index in [1.807, 2.05) is 38.4 Å². The molecule has 12 heteroatoms. The van der Waals surface area contributed by atoms with Gasteiger partial charge in [0, 0.05) is 35.8 Å². The summed E-state index contributed by atoms with van der Waals surface area (Å²) in [7, 11) is 4.05. The predicted octanol–water partition coefficient (Wildman–Crippen LogP) is 4.11. The molecule has 1 aliphatic rings. The molecule has 4 aromatic rings. The van der Waals surface area contributed by atoms with Crippen LogP contribution in [0.5, 0.6) is 0 Å². The number of nitrogens with one attached hydrogen (secondary N) is 3. The standard InChI is InChI=1S/C22H24ClN9OS/c1-4-14-17(31(2)3)11-32(22(33)27-14)18-9-12(7-8-24-18)20-29-30-21(34-20)26-16-6-5-15-13(19(16)23)10-25-28-15/h5-10,14,17H,4,11H2,1-3H3,(H,25,28)(H,26,30)(H,27,33). The molecule has 34 heavy (non-hydrogen) atoms. The Bertz CT molecular complexity index is 1340. The summed E-state index contributed by atoms with van der Waals surface area (Å²) in [4.78, 5) is 21.1. The van der Waals surface area contributed by atoms with Crippen LogP contribution in [-0.4, -0.2) is 69.0 Å². The van der Waals surface area contributed by atoms with Crippen molar-refractivity contribution in [2.45, 2.75) is 25.4 Å². The van der Waals surface area contributed by atoms with Gasteiger partial charge in [0.05, 0.1) is 22.4 Å². The number of likely N-dealkylation sites (N-methyl/N-ethyl adjacent to an activating group) is 1. The average molecular weight is 498 g/mol. The zero-order valence-electron chi connectivity index (χ0n) is 18.9. The van der Waals surface area contributed by atoms with Crippen LogP contribution in [0.25, 0.3) is 21.5 Å². The monoisotopic (exact) mass is 497 g/mol. The molecule has 0 aliphatic carbocycles. The Hall–Kier alpha value is -3.28. The fraction of sp³-hybridized carbons (Fsp3) is 0.318. The van der Waals surface area contributed by atoms with Crippen LogP contribution in [0.4, 0.5) is 21.4 Å². The van der Waals surface area contributed by atoms with Gasteiger partial charge in [0.2, 0.25) is 5.13 Å². The number of pyridine rings is 1. The second-order valence-corrected chi connectivity index (χ2v) is 9.66. The first-order valence-electron chi connectivity index (χ1n) is 10.9. The van der Waals surface area contributed by atoms with Crippen LogP contribution in [0.15, 0.2) is 36.7 Å². The highest BCUT2D eigenvalue weighted by atomic mass is 35.5. The molecule has 0 spiro atoms. The molecule has 1 saturated heterocycles. The number of aromatic amines is 1. The fourth-order valence-electron chi connectivity index (χ4n) is 4.11. The van der Waals surface area contributed by atoms with Gasteiger partial charge in [-0.1, -0.05) is 29.9 Å². The number of H-pyrrole nitrogens is 1. The minimum Gasteiger partial charge on any atom is -0.333 e. The molecule has 3 N–H and O–H groups in total. The summed E-state index contributed by atoms with van der Waals surface area (Å²) in [5, 5.41) is 24.6. The number of nitrogens with zero attached hydrogens (tertiary/aromatic N) is 6. The summed E-state index contributed by atoms with van der Waals surface area (Å²) in [6, 6.07) is 7.65. The molecule has 4 heterocycles. The van der Waals surface area contributed by atoms with Crippen molar-refractivity contribution in [3.63, 3.8) is 0 Å². The molecule has 2 atom stereocenters. The van der Waals surface area contributed by atoms with Crippen LogP contribution in [0, 0.1) is 0 Å². The molecule has 0 radical (unpaired) electrons. The number of amides is 2. The molecule has 1 aromatic carbocycles. The molecule has 10 nitrogen and oxygen atoms in total. The van der Waals surface area contributed by atoms with Gasteiger partial charge in [0.1, 0.15) is 10.8 Å². The SMILES string of the molecule is CCC1NC(=O)N(c2cc(-c3nnc(Nc4ccc5[nH]ncc5c4Cl)s3)ccn2)CC1N(C)C. The molecular formula is C22H24ClN9OS. The van der Waals surface area contributed by atoms with Crippen molar-refractivity contribution < 1.29 is 4.79 Å². The first kappa shape index (κ1) is 22.5. The third-order valence-electron chi connectivity index (χ3n) is 5.99. The number of carbonyl (C=O) groups is 1. The maximum Gasteiger partial charge on any atom is 0.323 e. The van der Waals surface area contributed by atoms with Crippen molar-refractivity contribution in [3.8, 4) is 10.6 Å². The molecule has 3 aromatic heterocycles. The zero-order valence-corrected chi connectivity index (χ0v) is 20.5. The zero-order chi connectivity index (χ0) is 23.8. The van der Waals surface area contributed by atoms with Crippen LogP contribution in [0.3, 0.4) is 0 Å². The second kappa shape index (κ2) is 9.16. The highest BCUT2D eigenvalue weighted by Gasteiger charge is 2.35. The van der Waals surface area contributed by atoms with Gasteiger partial charge in [-0.25, -0.2) is 9.78 Å². The molecule has 2 unspecified atom stereocenters. The van der Waals surface area contributed by atoms with Crippen LogP contribution in [0.1, 0.15) is 13.3 Å². The normalized spacial score (nSPS) is 18.5. The molecule has 0 saturated carbocycles. The van der Waals surface area contributed by atoms with E-state index in [1.165, 1.54) is 11.3 Å². The third kappa shape index (κ3) is 4.17. The Kier molecular flexibility index (Phi) is 6.07. The maximum absolute atomic E-state index is 12.8. The van der Waals surface area contributed by atoms with E-state index in [2.05, 4.69) is 47.8 Å². The number of hydrogen-bond donors (Lipinski definition) is 3. The van der Waals surface area contributed by atoms with Gasteiger partial charge in [-0.15, -0.1) is 10.2 Å². The number of aromatic nitrogens is 5. The lowest BCUT2D eigenvalue weighted by molar-refractivity contribution is 0.191. The summed E-state index contributed by atoms with van der Waals surface area (Å²) >= 11 is 7.90. The van der Waals surface area contributed by atoms with Crippen molar-refractivity contribution in [2.24, 2.45) is 0 Å². The molecular weight excluding hydrogens is 474 g/mol. The number of carbonyl (C=O) groups excluding carboxylic acids is 1. The van der Waals surface area contributed by atoms with Crippen molar-refractivity contribution >= 4 is 56.5 Å². The lowest BCUT2D eigenvalue weighted by Gasteiger charge is -2.41. The van der Waals surface area contributed by atoms with Crippen LogP contribution >= 0.6 is 22.9 Å². The smallest absolute Gasteiger partial charge is 0.323 e. The number of benzene rings is 1. The van der Waals surface area contributed by atoms with Gasteiger partial charge in [0.15, 0.2) is 0 Å². The molecule has 176 valence electrons. The number of anilines is 3. The minimum absolute atomic E-state index is 0.104. The highest BCUT2D eigenvalue weighted by Crippen LogP contribution is 2.35. The van der Waals surface area contributed by atoms with Gasteiger partial charge >= 0.3 is 6.03 Å². The minimum atomic E-state index is -0.140. The second-order valence-electron chi connectivity index (χ2n) is 8.30. The highest BCUT2D eigenvalue weighted by molar-refractivity contribution is 7.18. The van der Waals surface area contributed by atoms with Crippen LogP contribution in [-0.2, 0) is 0 Å². The van der Waals surface area contributed by atoms with E-state index in [0.29, 0.717) is 27.5 Å². The van der Waals surface area contributed by atoms with E-state index in [1.54, 1.807) is 17.3 Å². The number of rotatable bonds is 6. The topological polar surface area (TPSA) is 115 Å². The Labute approximate surface area is 205 Å². The van der Waals surface area contributed by atoms with Crippen molar-refractivity contribution in [1.82, 2.24) is 35.6 Å². The largest absolute Gasteiger partial charge is 0.333 e. The average Bonchev–Trinajstić information content (AvgIpc) is 3.51. The van der Waals surface area contributed by atoms with Crippen molar-refractivity contribution in [1.29, 1.82) is 0 Å². The van der Waals surface area contributed by atoms with E-state index in [9.17, 15) is 4.79 Å².